The molecule has 0 spiro atoms. The third kappa shape index (κ3) is 4.23. The highest BCUT2D eigenvalue weighted by Gasteiger charge is 2.48. The van der Waals surface area contributed by atoms with Crippen LogP contribution in [0.15, 0.2) is 41.2 Å². The number of aromatic nitrogens is 4. The standard InChI is InChI=1S/C27H32N6O2/c1-2-22(29-11-18-3-4-18)15-33(9-1)23-7-8-24(30-14-23)27(16-34-17-27)26-32-31-25(35-26)21-10-20(12-28-13-21)19-5-6-19/h7-8,10,12-14,18-19,22,29H,1-6,9,11,15-17H2. The van der Waals surface area contributed by atoms with Gasteiger partial charge < -0.3 is 19.4 Å². The minimum absolute atomic E-state index is 0.485. The predicted octanol–water partition coefficient (Wildman–Crippen LogP) is 3.69. The number of anilines is 1. The molecule has 3 aromatic rings. The third-order valence-electron chi connectivity index (χ3n) is 8.00. The van der Waals surface area contributed by atoms with E-state index in [1.165, 1.54) is 56.3 Å². The fourth-order valence-corrected chi connectivity index (χ4v) is 5.32. The summed E-state index contributed by atoms with van der Waals surface area (Å²) in [7, 11) is 0. The second-order valence-electron chi connectivity index (χ2n) is 10.8. The van der Waals surface area contributed by atoms with Crippen LogP contribution in [0.25, 0.3) is 11.5 Å². The topological polar surface area (TPSA) is 89.2 Å². The van der Waals surface area contributed by atoms with Gasteiger partial charge in [-0.15, -0.1) is 10.2 Å². The summed E-state index contributed by atoms with van der Waals surface area (Å²) >= 11 is 0. The average Bonchev–Trinajstić information content (AvgIpc) is 3.82. The van der Waals surface area contributed by atoms with Crippen molar-refractivity contribution in [2.45, 2.75) is 55.9 Å². The van der Waals surface area contributed by atoms with E-state index in [1.54, 1.807) is 6.20 Å². The molecule has 2 aliphatic heterocycles. The van der Waals surface area contributed by atoms with Crippen molar-refractivity contribution < 1.29 is 9.15 Å². The van der Waals surface area contributed by atoms with Gasteiger partial charge in [-0.2, -0.15) is 0 Å². The molecule has 0 bridgehead atoms. The minimum atomic E-state index is -0.485. The molecule has 3 aromatic heterocycles. The van der Waals surface area contributed by atoms with Crippen LogP contribution >= 0.6 is 0 Å². The summed E-state index contributed by atoms with van der Waals surface area (Å²) in [4.78, 5) is 11.7. The number of ether oxygens (including phenoxy) is 1. The maximum absolute atomic E-state index is 6.20. The first-order valence-corrected chi connectivity index (χ1v) is 13.1. The Kier molecular flexibility index (Phi) is 5.31. The number of hydrogen-bond acceptors (Lipinski definition) is 8. The van der Waals surface area contributed by atoms with Crippen LogP contribution in [0, 0.1) is 5.92 Å². The molecule has 4 fully saturated rings. The highest BCUT2D eigenvalue weighted by atomic mass is 16.5. The monoisotopic (exact) mass is 472 g/mol. The number of nitrogens with one attached hydrogen (secondary N) is 1. The average molecular weight is 473 g/mol. The Hall–Kier alpha value is -2.84. The summed E-state index contributed by atoms with van der Waals surface area (Å²) in [6, 6.07) is 6.99. The van der Waals surface area contributed by atoms with Crippen molar-refractivity contribution in [3.05, 3.63) is 53.9 Å². The van der Waals surface area contributed by atoms with Crippen molar-refractivity contribution in [3.8, 4) is 11.5 Å². The van der Waals surface area contributed by atoms with Crippen molar-refractivity contribution in [3.63, 3.8) is 0 Å². The highest BCUT2D eigenvalue weighted by molar-refractivity contribution is 5.53. The lowest BCUT2D eigenvalue weighted by Gasteiger charge is -2.38. The summed E-state index contributed by atoms with van der Waals surface area (Å²) in [6.07, 6.45) is 13.5. The van der Waals surface area contributed by atoms with Gasteiger partial charge in [0, 0.05) is 31.5 Å². The van der Waals surface area contributed by atoms with E-state index in [1.807, 2.05) is 12.4 Å². The number of hydrogen-bond donors (Lipinski definition) is 1. The number of piperidine rings is 1. The van der Waals surface area contributed by atoms with E-state index >= 15 is 0 Å². The van der Waals surface area contributed by atoms with Gasteiger partial charge in [-0.1, -0.05) is 0 Å². The molecule has 182 valence electrons. The molecule has 0 radical (unpaired) electrons. The quantitative estimate of drug-likeness (QED) is 0.531. The first kappa shape index (κ1) is 21.4. The van der Waals surface area contributed by atoms with E-state index < -0.39 is 5.41 Å². The second kappa shape index (κ2) is 8.68. The fourth-order valence-electron chi connectivity index (χ4n) is 5.32. The largest absolute Gasteiger partial charge is 0.419 e. The number of nitrogens with zero attached hydrogens (tertiary/aromatic N) is 5. The van der Waals surface area contributed by atoms with Gasteiger partial charge in [0.15, 0.2) is 0 Å². The normalized spacial score (nSPS) is 23.8. The molecule has 7 rings (SSSR count). The maximum atomic E-state index is 6.20. The van der Waals surface area contributed by atoms with E-state index in [-0.39, 0.29) is 0 Å². The molecule has 8 nitrogen and oxygen atoms in total. The Balaban J connectivity index is 1.08. The van der Waals surface area contributed by atoms with Gasteiger partial charge >= 0.3 is 0 Å². The minimum Gasteiger partial charge on any atom is -0.419 e. The lowest BCUT2D eigenvalue weighted by molar-refractivity contribution is -0.0520. The molecule has 2 aliphatic carbocycles. The van der Waals surface area contributed by atoms with E-state index in [0.717, 1.165) is 30.3 Å². The summed E-state index contributed by atoms with van der Waals surface area (Å²) in [5.74, 6) is 2.62. The molecule has 0 amide bonds. The molecular formula is C27H32N6O2. The van der Waals surface area contributed by atoms with E-state index in [4.69, 9.17) is 14.1 Å². The zero-order valence-electron chi connectivity index (χ0n) is 20.0. The summed E-state index contributed by atoms with van der Waals surface area (Å²) < 4.78 is 11.8. The molecule has 5 heterocycles. The zero-order valence-corrected chi connectivity index (χ0v) is 20.0. The van der Waals surface area contributed by atoms with Crippen LogP contribution in [-0.4, -0.2) is 59.1 Å². The van der Waals surface area contributed by atoms with E-state index in [9.17, 15) is 0 Å². The second-order valence-corrected chi connectivity index (χ2v) is 10.8. The van der Waals surface area contributed by atoms with Crippen LogP contribution in [0.5, 0.6) is 0 Å². The van der Waals surface area contributed by atoms with Crippen LogP contribution in [0.2, 0.25) is 0 Å². The molecular weight excluding hydrogens is 440 g/mol. The van der Waals surface area contributed by atoms with Crippen molar-refractivity contribution in [2.75, 3.05) is 37.7 Å². The zero-order chi connectivity index (χ0) is 23.2. The van der Waals surface area contributed by atoms with Crippen molar-refractivity contribution >= 4 is 5.69 Å². The smallest absolute Gasteiger partial charge is 0.249 e. The molecule has 2 saturated carbocycles. The summed E-state index contributed by atoms with van der Waals surface area (Å²) in [5.41, 5.74) is 3.75. The Labute approximate surface area is 205 Å². The lowest BCUT2D eigenvalue weighted by atomic mass is 9.82. The molecule has 1 N–H and O–H groups in total. The Morgan fingerprint density at radius 2 is 1.94 bits per heavy atom. The molecule has 35 heavy (non-hydrogen) atoms. The lowest BCUT2D eigenvalue weighted by Crippen LogP contribution is -2.49. The molecule has 8 heteroatoms. The number of rotatable bonds is 8. The van der Waals surface area contributed by atoms with Gasteiger partial charge in [0.1, 0.15) is 5.41 Å². The van der Waals surface area contributed by atoms with Gasteiger partial charge in [-0.05, 0) is 80.7 Å². The first-order valence-electron chi connectivity index (χ1n) is 13.1. The van der Waals surface area contributed by atoms with Crippen molar-refractivity contribution in [1.29, 1.82) is 0 Å². The van der Waals surface area contributed by atoms with Gasteiger partial charge in [0.25, 0.3) is 0 Å². The predicted molar refractivity (Wildman–Crippen MR) is 131 cm³/mol. The number of pyridine rings is 2. The Morgan fingerprint density at radius 3 is 2.69 bits per heavy atom. The van der Waals surface area contributed by atoms with Gasteiger partial charge in [0.05, 0.1) is 36.4 Å². The van der Waals surface area contributed by atoms with Gasteiger partial charge in [-0.3, -0.25) is 9.97 Å². The first-order chi connectivity index (χ1) is 17.3. The molecule has 4 aliphatic rings. The van der Waals surface area contributed by atoms with Crippen molar-refractivity contribution in [1.82, 2.24) is 25.5 Å². The van der Waals surface area contributed by atoms with Crippen LogP contribution in [0.1, 0.15) is 61.6 Å². The molecule has 2 saturated heterocycles. The maximum Gasteiger partial charge on any atom is 0.249 e. The summed E-state index contributed by atoms with van der Waals surface area (Å²) in [6.45, 7) is 4.29. The molecule has 1 unspecified atom stereocenters. The van der Waals surface area contributed by atoms with Crippen LogP contribution in [0.4, 0.5) is 5.69 Å². The highest BCUT2D eigenvalue weighted by Crippen LogP contribution is 2.42. The summed E-state index contributed by atoms with van der Waals surface area (Å²) in [5, 5.41) is 12.6. The van der Waals surface area contributed by atoms with E-state index in [2.05, 4.69) is 43.6 Å². The van der Waals surface area contributed by atoms with Crippen LogP contribution in [0.3, 0.4) is 0 Å². The Bertz CT molecular complexity index is 1180. The van der Waals surface area contributed by atoms with Gasteiger partial charge in [0.2, 0.25) is 11.8 Å². The molecule has 0 aromatic carbocycles. The van der Waals surface area contributed by atoms with Crippen LogP contribution < -0.4 is 10.2 Å². The van der Waals surface area contributed by atoms with E-state index in [0.29, 0.717) is 37.0 Å². The van der Waals surface area contributed by atoms with Crippen molar-refractivity contribution in [2.24, 2.45) is 5.92 Å². The SMILES string of the molecule is c1ncc(C2CC2)cc1-c1nnc(C2(c3ccc(N4CCCC(NCC5CC5)C4)cn3)COC2)o1. The third-order valence-corrected chi connectivity index (χ3v) is 8.00. The fraction of sp³-hybridized carbons (Fsp3) is 0.556. The Morgan fingerprint density at radius 1 is 1.03 bits per heavy atom. The van der Waals surface area contributed by atoms with Gasteiger partial charge in [-0.25, -0.2) is 0 Å². The van der Waals surface area contributed by atoms with Crippen LogP contribution in [-0.2, 0) is 10.2 Å². The molecule has 1 atom stereocenters.